The lowest BCUT2D eigenvalue weighted by atomic mass is 10.1. The van der Waals surface area contributed by atoms with Crippen LogP contribution in [0.15, 0.2) is 24.3 Å². The number of nitrogens with zero attached hydrogens (tertiary/aromatic N) is 1. The summed E-state index contributed by atoms with van der Waals surface area (Å²) >= 11 is 0. The van der Waals surface area contributed by atoms with E-state index in [9.17, 15) is 0 Å². The Balaban J connectivity index is 2.41. The van der Waals surface area contributed by atoms with Crippen molar-refractivity contribution in [2.24, 2.45) is 0 Å². The van der Waals surface area contributed by atoms with Crippen molar-refractivity contribution in [1.29, 1.82) is 0 Å². The summed E-state index contributed by atoms with van der Waals surface area (Å²) in [5.74, 6) is 0. The number of nitrogens with one attached hydrogen (secondary N) is 2. The van der Waals surface area contributed by atoms with Gasteiger partial charge in [0, 0.05) is 38.4 Å². The number of likely N-dealkylation sites (N-methyl/N-ethyl adjacent to an activating group) is 1. The van der Waals surface area contributed by atoms with E-state index >= 15 is 0 Å². The third kappa shape index (κ3) is 5.20. The quantitative estimate of drug-likeness (QED) is 0.758. The zero-order valence-corrected chi connectivity index (χ0v) is 11.5. The lowest BCUT2D eigenvalue weighted by molar-refractivity contribution is 0.320. The number of hydrogen-bond acceptors (Lipinski definition) is 3. The molecule has 0 bridgehead atoms. The number of benzene rings is 1. The molecule has 0 unspecified atom stereocenters. The maximum Gasteiger partial charge on any atom is 0.0383 e. The molecule has 96 valence electrons. The molecule has 0 saturated heterocycles. The van der Waals surface area contributed by atoms with Crippen molar-refractivity contribution in [3.05, 3.63) is 29.8 Å². The fourth-order valence-electron chi connectivity index (χ4n) is 1.82. The van der Waals surface area contributed by atoms with Crippen LogP contribution in [0.1, 0.15) is 19.4 Å². The molecule has 0 amide bonds. The first kappa shape index (κ1) is 14.0. The van der Waals surface area contributed by atoms with Crippen LogP contribution >= 0.6 is 0 Å². The van der Waals surface area contributed by atoms with Crippen molar-refractivity contribution in [3.63, 3.8) is 0 Å². The standard InChI is InChI=1S/C14H25N3/c1-12(2)16-9-10-17(4)11-13-7-5-6-8-14(13)15-3/h5-8,12,15-16H,9-11H2,1-4H3. The van der Waals surface area contributed by atoms with E-state index in [2.05, 4.69) is 60.7 Å². The molecule has 0 atom stereocenters. The zero-order chi connectivity index (χ0) is 12.7. The summed E-state index contributed by atoms with van der Waals surface area (Å²) in [6.45, 7) is 7.44. The minimum atomic E-state index is 0.563. The van der Waals surface area contributed by atoms with Gasteiger partial charge in [-0.25, -0.2) is 0 Å². The van der Waals surface area contributed by atoms with Gasteiger partial charge in [-0.3, -0.25) is 0 Å². The Morgan fingerprint density at radius 1 is 1.24 bits per heavy atom. The highest BCUT2D eigenvalue weighted by atomic mass is 15.1. The monoisotopic (exact) mass is 235 g/mol. The summed E-state index contributed by atoms with van der Waals surface area (Å²) in [5.41, 5.74) is 2.57. The van der Waals surface area contributed by atoms with Gasteiger partial charge in [-0.15, -0.1) is 0 Å². The van der Waals surface area contributed by atoms with Gasteiger partial charge >= 0.3 is 0 Å². The maximum atomic E-state index is 3.43. The average Bonchev–Trinajstić information content (AvgIpc) is 2.29. The third-order valence-electron chi connectivity index (χ3n) is 2.77. The van der Waals surface area contributed by atoms with Crippen LogP contribution in [-0.4, -0.2) is 38.1 Å². The van der Waals surface area contributed by atoms with Gasteiger partial charge in [0.1, 0.15) is 0 Å². The molecule has 0 aromatic heterocycles. The van der Waals surface area contributed by atoms with Gasteiger partial charge in [-0.1, -0.05) is 32.0 Å². The van der Waals surface area contributed by atoms with Crippen LogP contribution < -0.4 is 10.6 Å². The van der Waals surface area contributed by atoms with Crippen LogP contribution in [0, 0.1) is 0 Å². The minimum Gasteiger partial charge on any atom is -0.388 e. The van der Waals surface area contributed by atoms with Crippen LogP contribution in [0.4, 0.5) is 5.69 Å². The lowest BCUT2D eigenvalue weighted by Crippen LogP contribution is -2.32. The molecule has 0 fully saturated rings. The Hall–Kier alpha value is -1.06. The van der Waals surface area contributed by atoms with Gasteiger partial charge in [-0.05, 0) is 18.7 Å². The first-order chi connectivity index (χ1) is 8.13. The fraction of sp³-hybridized carbons (Fsp3) is 0.571. The smallest absolute Gasteiger partial charge is 0.0383 e. The van der Waals surface area contributed by atoms with E-state index in [-0.39, 0.29) is 0 Å². The van der Waals surface area contributed by atoms with E-state index in [4.69, 9.17) is 0 Å². The van der Waals surface area contributed by atoms with Crippen LogP contribution in [0.3, 0.4) is 0 Å². The Morgan fingerprint density at radius 2 is 1.94 bits per heavy atom. The van der Waals surface area contributed by atoms with E-state index in [1.807, 2.05) is 7.05 Å². The summed E-state index contributed by atoms with van der Waals surface area (Å²) in [6.07, 6.45) is 0. The second-order valence-electron chi connectivity index (χ2n) is 4.75. The molecule has 3 nitrogen and oxygen atoms in total. The molecule has 1 rings (SSSR count). The molecule has 0 heterocycles. The normalized spacial score (nSPS) is 11.2. The predicted octanol–water partition coefficient (Wildman–Crippen LogP) is 2.16. The molecule has 0 spiro atoms. The molecule has 1 aromatic rings. The van der Waals surface area contributed by atoms with E-state index in [1.165, 1.54) is 11.3 Å². The number of hydrogen-bond donors (Lipinski definition) is 2. The second-order valence-corrected chi connectivity index (χ2v) is 4.75. The molecule has 0 saturated carbocycles. The van der Waals surface area contributed by atoms with Gasteiger partial charge in [-0.2, -0.15) is 0 Å². The molecule has 1 aromatic carbocycles. The first-order valence-electron chi connectivity index (χ1n) is 6.31. The molecular formula is C14H25N3. The molecule has 0 aliphatic carbocycles. The van der Waals surface area contributed by atoms with Gasteiger partial charge < -0.3 is 15.5 Å². The maximum absolute atomic E-state index is 3.43. The minimum absolute atomic E-state index is 0.563. The van der Waals surface area contributed by atoms with Crippen molar-refractivity contribution in [3.8, 4) is 0 Å². The molecule has 0 aliphatic heterocycles. The van der Waals surface area contributed by atoms with Crippen molar-refractivity contribution < 1.29 is 0 Å². The molecular weight excluding hydrogens is 210 g/mol. The second kappa shape index (κ2) is 7.30. The van der Waals surface area contributed by atoms with Crippen molar-refractivity contribution >= 4 is 5.69 Å². The first-order valence-corrected chi connectivity index (χ1v) is 6.31. The number of para-hydroxylation sites is 1. The van der Waals surface area contributed by atoms with Gasteiger partial charge in [0.15, 0.2) is 0 Å². The van der Waals surface area contributed by atoms with E-state index in [0.29, 0.717) is 6.04 Å². The molecule has 17 heavy (non-hydrogen) atoms. The Morgan fingerprint density at radius 3 is 2.59 bits per heavy atom. The highest BCUT2D eigenvalue weighted by Crippen LogP contribution is 2.15. The fourth-order valence-corrected chi connectivity index (χ4v) is 1.82. The van der Waals surface area contributed by atoms with Crippen LogP contribution in [0.25, 0.3) is 0 Å². The van der Waals surface area contributed by atoms with E-state index < -0.39 is 0 Å². The largest absolute Gasteiger partial charge is 0.388 e. The summed E-state index contributed by atoms with van der Waals surface area (Å²) in [5, 5.41) is 6.67. The van der Waals surface area contributed by atoms with Crippen molar-refractivity contribution in [2.75, 3.05) is 32.5 Å². The highest BCUT2D eigenvalue weighted by molar-refractivity contribution is 5.50. The molecule has 0 radical (unpaired) electrons. The summed E-state index contributed by atoms with van der Waals surface area (Å²) in [6, 6.07) is 9.02. The Labute approximate surface area is 105 Å². The van der Waals surface area contributed by atoms with E-state index in [1.54, 1.807) is 0 Å². The molecule has 2 N–H and O–H groups in total. The highest BCUT2D eigenvalue weighted by Gasteiger charge is 2.04. The summed E-state index contributed by atoms with van der Waals surface area (Å²) in [4.78, 5) is 2.34. The Kier molecular flexibility index (Phi) is 6.01. The number of anilines is 1. The zero-order valence-electron chi connectivity index (χ0n) is 11.5. The summed E-state index contributed by atoms with van der Waals surface area (Å²) < 4.78 is 0. The topological polar surface area (TPSA) is 27.3 Å². The van der Waals surface area contributed by atoms with E-state index in [0.717, 1.165) is 19.6 Å². The van der Waals surface area contributed by atoms with Gasteiger partial charge in [0.05, 0.1) is 0 Å². The van der Waals surface area contributed by atoms with Gasteiger partial charge in [0.25, 0.3) is 0 Å². The SMILES string of the molecule is CNc1ccccc1CN(C)CCNC(C)C. The summed E-state index contributed by atoms with van der Waals surface area (Å²) in [7, 11) is 4.13. The Bertz CT molecular complexity index is 323. The van der Waals surface area contributed by atoms with Crippen molar-refractivity contribution in [2.45, 2.75) is 26.4 Å². The lowest BCUT2D eigenvalue weighted by Gasteiger charge is -2.19. The third-order valence-corrected chi connectivity index (χ3v) is 2.77. The number of rotatable bonds is 7. The van der Waals surface area contributed by atoms with Crippen LogP contribution in [-0.2, 0) is 6.54 Å². The average molecular weight is 235 g/mol. The molecule has 0 aliphatic rings. The molecule has 3 heteroatoms. The van der Waals surface area contributed by atoms with Crippen LogP contribution in [0.2, 0.25) is 0 Å². The van der Waals surface area contributed by atoms with Gasteiger partial charge in [0.2, 0.25) is 0 Å². The van der Waals surface area contributed by atoms with Crippen molar-refractivity contribution in [1.82, 2.24) is 10.2 Å². The van der Waals surface area contributed by atoms with Crippen LogP contribution in [0.5, 0.6) is 0 Å². The predicted molar refractivity (Wildman–Crippen MR) is 75.5 cm³/mol.